The van der Waals surface area contributed by atoms with Crippen LogP contribution in [-0.2, 0) is 21.6 Å². The number of anilines is 1. The molecular formula is C14H22N4O3. The van der Waals surface area contributed by atoms with Gasteiger partial charge in [-0.2, -0.15) is 5.10 Å². The lowest BCUT2D eigenvalue weighted by Gasteiger charge is -2.17. The molecular weight excluding hydrogens is 272 g/mol. The summed E-state index contributed by atoms with van der Waals surface area (Å²) >= 11 is 0. The highest BCUT2D eigenvalue weighted by molar-refractivity contribution is 5.94. The van der Waals surface area contributed by atoms with Crippen LogP contribution in [0.5, 0.6) is 0 Å². The van der Waals surface area contributed by atoms with Gasteiger partial charge in [0.2, 0.25) is 5.91 Å². The Balaban J connectivity index is 2.45. The smallest absolute Gasteiger partial charge is 0.436 e. The zero-order chi connectivity index (χ0) is 15.8. The number of carbonyl (C=O) groups is 2. The molecule has 2 rings (SSSR count). The van der Waals surface area contributed by atoms with Crippen LogP contribution in [0.25, 0.3) is 0 Å². The number of aromatic nitrogens is 2. The van der Waals surface area contributed by atoms with Crippen molar-refractivity contribution in [2.45, 2.75) is 46.7 Å². The summed E-state index contributed by atoms with van der Waals surface area (Å²) in [5, 5.41) is 10.4. The van der Waals surface area contributed by atoms with Crippen molar-refractivity contribution >= 4 is 17.8 Å². The van der Waals surface area contributed by atoms with Crippen LogP contribution < -0.4 is 10.6 Å². The number of nitrogens with zero attached hydrogens (tertiary/aromatic N) is 2. The second-order valence-corrected chi connectivity index (χ2v) is 5.91. The normalized spacial score (nSPS) is 15.9. The highest BCUT2D eigenvalue weighted by Gasteiger charge is 2.37. The van der Waals surface area contributed by atoms with Gasteiger partial charge in [0.1, 0.15) is 5.82 Å². The Kier molecular flexibility index (Phi) is 4.04. The molecule has 0 aliphatic carbocycles. The molecule has 0 saturated heterocycles. The monoisotopic (exact) mass is 294 g/mol. The number of rotatable bonds is 3. The summed E-state index contributed by atoms with van der Waals surface area (Å²) in [6.07, 6.45) is -0.582. The molecule has 0 radical (unpaired) electrons. The van der Waals surface area contributed by atoms with Gasteiger partial charge in [-0.05, 0) is 20.8 Å². The summed E-state index contributed by atoms with van der Waals surface area (Å²) in [5.74, 6) is 0.0572. The van der Waals surface area contributed by atoms with Crippen LogP contribution in [-0.4, -0.2) is 28.4 Å². The molecule has 1 aromatic heterocycles. The van der Waals surface area contributed by atoms with Crippen LogP contribution in [0.15, 0.2) is 0 Å². The molecule has 7 nitrogen and oxygen atoms in total. The number of hydrogen-bond donors (Lipinski definition) is 2. The van der Waals surface area contributed by atoms with Gasteiger partial charge in [-0.15, -0.1) is 4.68 Å². The van der Waals surface area contributed by atoms with Crippen LogP contribution in [0.4, 0.5) is 10.6 Å². The average Bonchev–Trinajstić information content (AvgIpc) is 2.89. The summed E-state index contributed by atoms with van der Waals surface area (Å²) in [5.41, 5.74) is 1.25. The van der Waals surface area contributed by atoms with Crippen LogP contribution in [0.2, 0.25) is 0 Å². The zero-order valence-corrected chi connectivity index (χ0v) is 13.1. The van der Waals surface area contributed by atoms with Crippen LogP contribution in [0, 0.1) is 5.92 Å². The van der Waals surface area contributed by atoms with Gasteiger partial charge in [0.15, 0.2) is 0 Å². The van der Waals surface area contributed by atoms with Gasteiger partial charge in [0, 0.05) is 18.0 Å². The van der Waals surface area contributed by atoms with Crippen molar-refractivity contribution in [2.24, 2.45) is 5.92 Å². The van der Waals surface area contributed by atoms with E-state index in [1.54, 1.807) is 20.8 Å². The average molecular weight is 294 g/mol. The van der Waals surface area contributed by atoms with Gasteiger partial charge in [-0.1, -0.05) is 13.8 Å². The Morgan fingerprint density at radius 1 is 1.48 bits per heavy atom. The number of hydrogen-bond acceptors (Lipinski definition) is 5. The van der Waals surface area contributed by atoms with Gasteiger partial charge < -0.3 is 15.4 Å². The van der Waals surface area contributed by atoms with E-state index < -0.39 is 6.09 Å². The first-order valence-electron chi connectivity index (χ1n) is 7.13. The van der Waals surface area contributed by atoms with Crippen LogP contribution in [0.1, 0.15) is 45.9 Å². The number of fused-ring (bicyclic) bond motifs is 1. The second kappa shape index (κ2) is 5.48. The molecule has 7 heteroatoms. The lowest BCUT2D eigenvalue weighted by atomic mass is 10.0. The quantitative estimate of drug-likeness (QED) is 0.888. The topological polar surface area (TPSA) is 85.2 Å². The van der Waals surface area contributed by atoms with E-state index in [-0.39, 0.29) is 24.0 Å². The van der Waals surface area contributed by atoms with Gasteiger partial charge in [0.05, 0.1) is 17.8 Å². The number of carbonyl (C=O) groups excluding carboxylic acids is 2. The number of ether oxygens (including phenoxy) is 1. The SMILES string of the molecule is CCOC(=O)n1nc2c(c1NC(=O)C(C)C)CNC2(C)C. The molecule has 0 saturated carbocycles. The molecule has 21 heavy (non-hydrogen) atoms. The Hall–Kier alpha value is -1.89. The van der Waals surface area contributed by atoms with Crippen molar-refractivity contribution in [3.8, 4) is 0 Å². The molecule has 1 aliphatic heterocycles. The van der Waals surface area contributed by atoms with Crippen molar-refractivity contribution in [2.75, 3.05) is 11.9 Å². The summed E-state index contributed by atoms with van der Waals surface area (Å²) in [4.78, 5) is 24.0. The van der Waals surface area contributed by atoms with Gasteiger partial charge >= 0.3 is 6.09 Å². The van der Waals surface area contributed by atoms with E-state index in [4.69, 9.17) is 4.74 Å². The molecule has 0 atom stereocenters. The molecule has 2 N–H and O–H groups in total. The third kappa shape index (κ3) is 2.78. The summed E-state index contributed by atoms with van der Waals surface area (Å²) in [6.45, 7) is 10.1. The Morgan fingerprint density at radius 3 is 2.71 bits per heavy atom. The molecule has 1 aromatic rings. The van der Waals surface area contributed by atoms with E-state index in [0.29, 0.717) is 12.4 Å². The molecule has 0 unspecified atom stereocenters. The standard InChI is InChI=1S/C14H22N4O3/c1-6-21-13(20)18-11(16-12(19)8(2)3)9-7-15-14(4,5)10(9)17-18/h8,15H,6-7H2,1-5H3,(H,16,19). The predicted octanol–water partition coefficient (Wildman–Crippen LogP) is 1.82. The first kappa shape index (κ1) is 15.5. The minimum atomic E-state index is -0.582. The maximum absolute atomic E-state index is 12.0. The van der Waals surface area contributed by atoms with Crippen LogP contribution in [0.3, 0.4) is 0 Å². The van der Waals surface area contributed by atoms with Gasteiger partial charge in [-0.25, -0.2) is 4.79 Å². The van der Waals surface area contributed by atoms with Crippen molar-refractivity contribution in [1.82, 2.24) is 15.1 Å². The molecule has 0 fully saturated rings. The fraction of sp³-hybridized carbons (Fsp3) is 0.643. The van der Waals surface area contributed by atoms with E-state index in [0.717, 1.165) is 15.9 Å². The zero-order valence-electron chi connectivity index (χ0n) is 13.1. The third-order valence-corrected chi connectivity index (χ3v) is 3.49. The Labute approximate surface area is 124 Å². The highest BCUT2D eigenvalue weighted by atomic mass is 16.6. The van der Waals surface area contributed by atoms with Gasteiger partial charge in [-0.3, -0.25) is 4.79 Å². The second-order valence-electron chi connectivity index (χ2n) is 5.91. The minimum Gasteiger partial charge on any atom is -0.448 e. The molecule has 2 heterocycles. The minimum absolute atomic E-state index is 0.159. The third-order valence-electron chi connectivity index (χ3n) is 3.49. The Morgan fingerprint density at radius 2 is 2.14 bits per heavy atom. The molecule has 1 aliphatic rings. The lowest BCUT2D eigenvalue weighted by molar-refractivity contribution is -0.118. The van der Waals surface area contributed by atoms with E-state index in [1.165, 1.54) is 0 Å². The van der Waals surface area contributed by atoms with E-state index in [9.17, 15) is 9.59 Å². The summed E-state index contributed by atoms with van der Waals surface area (Å²) in [6, 6.07) is 0. The van der Waals surface area contributed by atoms with Gasteiger partial charge in [0.25, 0.3) is 0 Å². The molecule has 0 bridgehead atoms. The van der Waals surface area contributed by atoms with Crippen molar-refractivity contribution in [3.63, 3.8) is 0 Å². The molecule has 116 valence electrons. The predicted molar refractivity (Wildman–Crippen MR) is 78.0 cm³/mol. The Bertz CT molecular complexity index is 575. The maximum atomic E-state index is 12.0. The lowest BCUT2D eigenvalue weighted by Crippen LogP contribution is -2.31. The fourth-order valence-corrected chi connectivity index (χ4v) is 2.22. The van der Waals surface area contributed by atoms with Crippen molar-refractivity contribution in [1.29, 1.82) is 0 Å². The molecule has 1 amide bonds. The summed E-state index contributed by atoms with van der Waals surface area (Å²) in [7, 11) is 0. The van der Waals surface area contributed by atoms with Crippen molar-refractivity contribution < 1.29 is 14.3 Å². The molecule has 0 aromatic carbocycles. The molecule has 0 spiro atoms. The first-order valence-corrected chi connectivity index (χ1v) is 7.13. The number of amides is 1. The fourth-order valence-electron chi connectivity index (χ4n) is 2.22. The first-order chi connectivity index (χ1) is 9.77. The van der Waals surface area contributed by atoms with E-state index in [2.05, 4.69) is 15.7 Å². The highest BCUT2D eigenvalue weighted by Crippen LogP contribution is 2.34. The van der Waals surface area contributed by atoms with E-state index in [1.807, 2.05) is 13.8 Å². The largest absolute Gasteiger partial charge is 0.448 e. The van der Waals surface area contributed by atoms with E-state index >= 15 is 0 Å². The maximum Gasteiger partial charge on any atom is 0.436 e. The number of nitrogens with one attached hydrogen (secondary N) is 2. The van der Waals surface area contributed by atoms with Crippen molar-refractivity contribution in [3.05, 3.63) is 11.3 Å². The summed E-state index contributed by atoms with van der Waals surface area (Å²) < 4.78 is 6.16. The van der Waals surface area contributed by atoms with Crippen LogP contribution >= 0.6 is 0 Å².